The summed E-state index contributed by atoms with van der Waals surface area (Å²) in [6, 6.07) is 15.3. The number of nitrogens with one attached hydrogen (secondary N) is 1. The first-order valence-electron chi connectivity index (χ1n) is 14.1. The van der Waals surface area contributed by atoms with Gasteiger partial charge in [-0.3, -0.25) is 14.5 Å². The van der Waals surface area contributed by atoms with Crippen LogP contribution in [0.4, 0.5) is 5.69 Å². The first-order valence-corrected chi connectivity index (χ1v) is 14.5. The van der Waals surface area contributed by atoms with Gasteiger partial charge in [0, 0.05) is 49.4 Å². The fourth-order valence-electron chi connectivity index (χ4n) is 5.52. The molecule has 0 bridgehead atoms. The number of anilines is 1. The van der Waals surface area contributed by atoms with E-state index in [9.17, 15) is 14.4 Å². The molecule has 3 heterocycles. The van der Waals surface area contributed by atoms with Gasteiger partial charge in [-0.15, -0.1) is 0 Å². The second-order valence-corrected chi connectivity index (χ2v) is 11.0. The highest BCUT2D eigenvalue weighted by atomic mass is 32.1. The molecule has 0 radical (unpaired) electrons. The minimum absolute atomic E-state index is 0.173. The molecule has 3 aliphatic rings. The van der Waals surface area contributed by atoms with E-state index in [1.54, 1.807) is 25.1 Å². The number of piperazine rings is 1. The number of carbonyl (C=O) groups excluding carboxylic acids is 3. The highest BCUT2D eigenvalue weighted by molar-refractivity contribution is 7.80. The summed E-state index contributed by atoms with van der Waals surface area (Å²) in [5.74, 6) is -0.894. The van der Waals surface area contributed by atoms with Crippen molar-refractivity contribution < 1.29 is 19.1 Å². The third kappa shape index (κ3) is 6.26. The highest BCUT2D eigenvalue weighted by Gasteiger charge is 2.37. The standard InChI is InChI=1S/C31H36N4O4S/c1-22-26(29(37)35(28(22)36)25-12-13-27-24(19-25)21-39-30(27)38)11-7-2-3-8-14-33-15-17-34(18-16-33)31(40)32-20-23-9-5-4-6-10-23/h4-6,9-10,12-13,19H,2-3,7-8,11,14-18,20-21H2,1H3,(H,32,40). The second kappa shape index (κ2) is 12.7. The number of fused-ring (bicyclic) bond motifs is 1. The summed E-state index contributed by atoms with van der Waals surface area (Å²) in [5, 5.41) is 4.20. The van der Waals surface area contributed by atoms with Gasteiger partial charge in [0.15, 0.2) is 5.11 Å². The lowest BCUT2D eigenvalue weighted by atomic mass is 10.0. The van der Waals surface area contributed by atoms with E-state index >= 15 is 0 Å². The zero-order valence-corrected chi connectivity index (χ0v) is 23.8. The van der Waals surface area contributed by atoms with Gasteiger partial charge in [0.1, 0.15) is 6.61 Å². The fourth-order valence-corrected chi connectivity index (χ4v) is 5.78. The van der Waals surface area contributed by atoms with E-state index in [2.05, 4.69) is 27.2 Å². The number of hydrogen-bond acceptors (Lipinski definition) is 6. The van der Waals surface area contributed by atoms with Gasteiger partial charge in [0.25, 0.3) is 11.8 Å². The molecular weight excluding hydrogens is 524 g/mol. The Labute approximate surface area is 241 Å². The van der Waals surface area contributed by atoms with Crippen molar-refractivity contribution in [1.82, 2.24) is 15.1 Å². The molecule has 0 aliphatic carbocycles. The van der Waals surface area contributed by atoms with Gasteiger partial charge in [-0.05, 0) is 68.7 Å². The SMILES string of the molecule is CC1=C(CCCCCCN2CCN(C(=S)NCc3ccccc3)CC2)C(=O)N(c2ccc3c(c2)COC3=O)C1=O. The topological polar surface area (TPSA) is 82.2 Å². The summed E-state index contributed by atoms with van der Waals surface area (Å²) >= 11 is 5.60. The number of ether oxygens (including phenoxy) is 1. The van der Waals surface area contributed by atoms with Crippen molar-refractivity contribution >= 4 is 40.8 Å². The number of hydrogen-bond donors (Lipinski definition) is 1. The average molecular weight is 561 g/mol. The number of rotatable bonds is 10. The minimum atomic E-state index is -0.367. The summed E-state index contributed by atoms with van der Waals surface area (Å²) in [4.78, 5) is 43.7. The highest BCUT2D eigenvalue weighted by Crippen LogP contribution is 2.32. The molecule has 40 heavy (non-hydrogen) atoms. The Morgan fingerprint density at radius 3 is 2.45 bits per heavy atom. The molecule has 2 aromatic carbocycles. The van der Waals surface area contributed by atoms with Crippen LogP contribution in [-0.4, -0.2) is 65.4 Å². The molecule has 0 saturated carbocycles. The van der Waals surface area contributed by atoms with Crippen molar-refractivity contribution in [2.45, 2.75) is 52.2 Å². The predicted molar refractivity (Wildman–Crippen MR) is 158 cm³/mol. The molecule has 3 aliphatic heterocycles. The summed E-state index contributed by atoms with van der Waals surface area (Å²) in [6.45, 7) is 7.62. The van der Waals surface area contributed by atoms with E-state index in [0.29, 0.717) is 34.4 Å². The van der Waals surface area contributed by atoms with E-state index in [-0.39, 0.29) is 24.4 Å². The molecule has 210 valence electrons. The lowest BCUT2D eigenvalue weighted by Crippen LogP contribution is -2.51. The number of esters is 1. The van der Waals surface area contributed by atoms with Crippen LogP contribution in [0.1, 0.15) is 60.5 Å². The van der Waals surface area contributed by atoms with Gasteiger partial charge in [0.05, 0.1) is 11.3 Å². The Balaban J connectivity index is 0.987. The molecule has 2 aromatic rings. The van der Waals surface area contributed by atoms with Crippen LogP contribution in [0.3, 0.4) is 0 Å². The lowest BCUT2D eigenvalue weighted by molar-refractivity contribution is -0.120. The molecule has 8 nitrogen and oxygen atoms in total. The number of carbonyl (C=O) groups is 3. The van der Waals surface area contributed by atoms with Crippen molar-refractivity contribution in [2.75, 3.05) is 37.6 Å². The molecule has 1 N–H and O–H groups in total. The Hall–Kier alpha value is -3.56. The van der Waals surface area contributed by atoms with Gasteiger partial charge in [-0.25, -0.2) is 9.69 Å². The number of amides is 2. The smallest absolute Gasteiger partial charge is 0.338 e. The van der Waals surface area contributed by atoms with Gasteiger partial charge >= 0.3 is 5.97 Å². The van der Waals surface area contributed by atoms with Crippen LogP contribution in [0.25, 0.3) is 0 Å². The normalized spacial score (nSPS) is 17.5. The van der Waals surface area contributed by atoms with Crippen LogP contribution in [0, 0.1) is 0 Å². The lowest BCUT2D eigenvalue weighted by Gasteiger charge is -2.36. The minimum Gasteiger partial charge on any atom is -0.457 e. The monoisotopic (exact) mass is 560 g/mol. The molecule has 0 spiro atoms. The molecule has 9 heteroatoms. The molecule has 0 aromatic heterocycles. The predicted octanol–water partition coefficient (Wildman–Crippen LogP) is 4.19. The zero-order valence-electron chi connectivity index (χ0n) is 23.0. The third-order valence-electron chi connectivity index (χ3n) is 7.96. The van der Waals surface area contributed by atoms with Crippen LogP contribution < -0.4 is 10.2 Å². The largest absolute Gasteiger partial charge is 0.457 e. The Morgan fingerprint density at radius 1 is 0.925 bits per heavy atom. The maximum Gasteiger partial charge on any atom is 0.338 e. The van der Waals surface area contributed by atoms with Crippen molar-refractivity contribution in [1.29, 1.82) is 0 Å². The third-order valence-corrected chi connectivity index (χ3v) is 8.36. The Bertz CT molecular complexity index is 1320. The molecular formula is C31H36N4O4S. The number of imide groups is 1. The number of thiocarbonyl (C=S) groups is 1. The quantitative estimate of drug-likeness (QED) is 0.201. The second-order valence-electron chi connectivity index (χ2n) is 10.6. The van der Waals surface area contributed by atoms with Crippen molar-refractivity contribution in [3.8, 4) is 0 Å². The van der Waals surface area contributed by atoms with Gasteiger partial charge in [-0.2, -0.15) is 0 Å². The van der Waals surface area contributed by atoms with Gasteiger partial charge in [0.2, 0.25) is 0 Å². The number of cyclic esters (lactones) is 1. The van der Waals surface area contributed by atoms with Crippen LogP contribution in [0.15, 0.2) is 59.7 Å². The molecule has 2 amide bonds. The van der Waals surface area contributed by atoms with Gasteiger partial charge in [-0.1, -0.05) is 43.2 Å². The van der Waals surface area contributed by atoms with Crippen LogP contribution >= 0.6 is 12.2 Å². The first-order chi connectivity index (χ1) is 19.4. The van der Waals surface area contributed by atoms with E-state index in [1.807, 2.05) is 18.2 Å². The van der Waals surface area contributed by atoms with Crippen LogP contribution in [0.5, 0.6) is 0 Å². The summed E-state index contributed by atoms with van der Waals surface area (Å²) in [6.07, 6.45) is 4.70. The Morgan fingerprint density at radius 2 is 1.68 bits per heavy atom. The summed E-state index contributed by atoms with van der Waals surface area (Å²) in [5.41, 5.74) is 4.04. The molecule has 0 atom stereocenters. The van der Waals surface area contributed by atoms with Crippen LogP contribution in [-0.2, 0) is 27.5 Å². The number of benzene rings is 2. The van der Waals surface area contributed by atoms with Crippen molar-refractivity contribution in [3.05, 3.63) is 76.4 Å². The van der Waals surface area contributed by atoms with Crippen LogP contribution in [0.2, 0.25) is 0 Å². The summed E-state index contributed by atoms with van der Waals surface area (Å²) in [7, 11) is 0. The van der Waals surface area contributed by atoms with E-state index in [4.69, 9.17) is 17.0 Å². The fraction of sp³-hybridized carbons (Fsp3) is 0.419. The van der Waals surface area contributed by atoms with Gasteiger partial charge < -0.3 is 15.0 Å². The molecule has 1 fully saturated rings. The maximum absolute atomic E-state index is 13.1. The number of nitrogens with zero attached hydrogens (tertiary/aromatic N) is 3. The molecule has 5 rings (SSSR count). The molecule has 1 saturated heterocycles. The van der Waals surface area contributed by atoms with E-state index < -0.39 is 0 Å². The van der Waals surface area contributed by atoms with Crippen molar-refractivity contribution in [2.24, 2.45) is 0 Å². The van der Waals surface area contributed by atoms with E-state index in [0.717, 1.165) is 70.1 Å². The van der Waals surface area contributed by atoms with Crippen molar-refractivity contribution in [3.63, 3.8) is 0 Å². The number of unbranched alkanes of at least 4 members (excludes halogenated alkanes) is 3. The summed E-state index contributed by atoms with van der Waals surface area (Å²) < 4.78 is 5.05. The maximum atomic E-state index is 13.1. The average Bonchev–Trinajstić information content (AvgIpc) is 3.45. The Kier molecular flexibility index (Phi) is 8.91. The van der Waals surface area contributed by atoms with E-state index in [1.165, 1.54) is 10.5 Å². The first kappa shape index (κ1) is 28.0. The zero-order chi connectivity index (χ0) is 28.1. The molecule has 0 unspecified atom stereocenters.